The Labute approximate surface area is 116 Å². The third-order valence-corrected chi connectivity index (χ3v) is 3.59. The molecule has 0 atom stereocenters. The summed E-state index contributed by atoms with van der Waals surface area (Å²) in [5, 5.41) is 16.2. The minimum atomic E-state index is -1.11. The summed E-state index contributed by atoms with van der Waals surface area (Å²) in [6.45, 7) is 6.14. The van der Waals surface area contributed by atoms with Crippen LogP contribution in [0.1, 0.15) is 22.4 Å². The zero-order valence-corrected chi connectivity index (χ0v) is 11.9. The summed E-state index contributed by atoms with van der Waals surface area (Å²) in [6.07, 6.45) is -0.149. The topological polar surface area (TPSA) is 65.0 Å². The molecule has 1 aromatic carbocycles. The fourth-order valence-corrected chi connectivity index (χ4v) is 2.79. The Morgan fingerprint density at radius 3 is 2.53 bits per heavy atom. The molecule has 2 aromatic rings. The van der Waals surface area contributed by atoms with Gasteiger partial charge in [-0.1, -0.05) is 17.7 Å². The molecule has 0 bridgehead atoms. The molecule has 0 amide bonds. The SMILES string of the molecule is Cc1cc(C)c(Nc2nc(CC(=O)[O-])cs2)c(C)c1. The zero-order valence-electron chi connectivity index (χ0n) is 11.1. The molecule has 1 aromatic heterocycles. The second-order valence-electron chi connectivity index (χ2n) is 4.59. The Balaban J connectivity index is 2.22. The first-order valence-electron chi connectivity index (χ1n) is 5.95. The molecule has 2 rings (SSSR count). The van der Waals surface area contributed by atoms with Crippen molar-refractivity contribution in [1.29, 1.82) is 0 Å². The Morgan fingerprint density at radius 2 is 1.95 bits per heavy atom. The zero-order chi connectivity index (χ0) is 14.0. The molecule has 4 nitrogen and oxygen atoms in total. The lowest BCUT2D eigenvalue weighted by molar-refractivity contribution is -0.304. The molecule has 0 fully saturated rings. The summed E-state index contributed by atoms with van der Waals surface area (Å²) in [5.74, 6) is -1.11. The van der Waals surface area contributed by atoms with Gasteiger partial charge in [-0.2, -0.15) is 0 Å². The third kappa shape index (κ3) is 3.32. The van der Waals surface area contributed by atoms with Gasteiger partial charge in [-0.15, -0.1) is 11.3 Å². The number of rotatable bonds is 4. The normalized spacial score (nSPS) is 10.5. The maximum absolute atomic E-state index is 10.5. The first-order chi connectivity index (χ1) is 8.95. The van der Waals surface area contributed by atoms with E-state index >= 15 is 0 Å². The molecule has 0 aliphatic rings. The number of nitrogens with zero attached hydrogens (tertiary/aromatic N) is 1. The van der Waals surface area contributed by atoms with Gasteiger partial charge >= 0.3 is 0 Å². The number of carbonyl (C=O) groups is 1. The highest BCUT2D eigenvalue weighted by Gasteiger charge is 2.07. The lowest BCUT2D eigenvalue weighted by Gasteiger charge is -2.11. The number of aromatic nitrogens is 1. The smallest absolute Gasteiger partial charge is 0.187 e. The Bertz CT molecular complexity index is 597. The van der Waals surface area contributed by atoms with E-state index in [2.05, 4.69) is 29.4 Å². The second-order valence-corrected chi connectivity index (χ2v) is 5.45. The molecule has 1 N–H and O–H groups in total. The van der Waals surface area contributed by atoms with Crippen molar-refractivity contribution in [2.45, 2.75) is 27.2 Å². The molecule has 5 heteroatoms. The number of hydrogen-bond acceptors (Lipinski definition) is 5. The summed E-state index contributed by atoms with van der Waals surface area (Å²) in [5.41, 5.74) is 5.07. The molecule has 19 heavy (non-hydrogen) atoms. The number of thiazole rings is 1. The first kappa shape index (κ1) is 13.5. The van der Waals surface area contributed by atoms with Gasteiger partial charge in [0.25, 0.3) is 0 Å². The molecular weight excluding hydrogens is 260 g/mol. The van der Waals surface area contributed by atoms with Gasteiger partial charge in [0.2, 0.25) is 0 Å². The summed E-state index contributed by atoms with van der Waals surface area (Å²) < 4.78 is 0. The largest absolute Gasteiger partial charge is 0.550 e. The van der Waals surface area contributed by atoms with Crippen LogP contribution in [0, 0.1) is 20.8 Å². The molecular formula is C14H15N2O2S-. The molecule has 0 saturated heterocycles. The molecule has 0 aliphatic carbocycles. The quantitative estimate of drug-likeness (QED) is 0.928. The molecule has 0 radical (unpaired) electrons. The molecule has 0 spiro atoms. The minimum Gasteiger partial charge on any atom is -0.550 e. The van der Waals surface area contributed by atoms with Crippen molar-refractivity contribution in [1.82, 2.24) is 4.98 Å². The van der Waals surface area contributed by atoms with E-state index < -0.39 is 5.97 Å². The highest BCUT2D eigenvalue weighted by Crippen LogP contribution is 2.27. The van der Waals surface area contributed by atoms with Crippen LogP contribution >= 0.6 is 11.3 Å². The monoisotopic (exact) mass is 275 g/mol. The van der Waals surface area contributed by atoms with Crippen molar-refractivity contribution in [3.05, 3.63) is 39.9 Å². The van der Waals surface area contributed by atoms with Crippen molar-refractivity contribution < 1.29 is 9.90 Å². The van der Waals surface area contributed by atoms with Crippen LogP contribution in [-0.2, 0) is 11.2 Å². The molecule has 1 heterocycles. The van der Waals surface area contributed by atoms with Crippen LogP contribution in [0.5, 0.6) is 0 Å². The number of aliphatic carboxylic acids is 1. The maximum atomic E-state index is 10.5. The summed E-state index contributed by atoms with van der Waals surface area (Å²) in [6, 6.07) is 4.20. The van der Waals surface area contributed by atoms with Crippen LogP contribution < -0.4 is 10.4 Å². The van der Waals surface area contributed by atoms with E-state index in [-0.39, 0.29) is 6.42 Å². The van der Waals surface area contributed by atoms with Crippen LogP contribution in [0.3, 0.4) is 0 Å². The fourth-order valence-electron chi connectivity index (χ4n) is 2.08. The molecule has 100 valence electrons. The van der Waals surface area contributed by atoms with Gasteiger partial charge in [-0.25, -0.2) is 4.98 Å². The minimum absolute atomic E-state index is 0.149. The van der Waals surface area contributed by atoms with E-state index in [1.165, 1.54) is 16.9 Å². The number of aryl methyl sites for hydroxylation is 3. The lowest BCUT2D eigenvalue weighted by atomic mass is 10.1. The number of carboxylic acids is 1. The number of hydrogen-bond donors (Lipinski definition) is 1. The van der Waals surface area contributed by atoms with Crippen molar-refractivity contribution in [2.24, 2.45) is 0 Å². The average Bonchev–Trinajstić information content (AvgIpc) is 2.70. The lowest BCUT2D eigenvalue weighted by Crippen LogP contribution is -2.24. The summed E-state index contributed by atoms with van der Waals surface area (Å²) >= 11 is 1.39. The van der Waals surface area contributed by atoms with Crippen molar-refractivity contribution in [2.75, 3.05) is 5.32 Å². The second kappa shape index (κ2) is 5.40. The number of anilines is 2. The van der Waals surface area contributed by atoms with E-state index in [9.17, 15) is 9.90 Å². The van der Waals surface area contributed by atoms with Gasteiger partial charge in [-0.3, -0.25) is 0 Å². The van der Waals surface area contributed by atoms with Crippen LogP contribution in [0.15, 0.2) is 17.5 Å². The maximum Gasteiger partial charge on any atom is 0.187 e. The number of benzene rings is 1. The summed E-state index contributed by atoms with van der Waals surface area (Å²) in [4.78, 5) is 14.8. The highest BCUT2D eigenvalue weighted by atomic mass is 32.1. The average molecular weight is 275 g/mol. The van der Waals surface area contributed by atoms with Gasteiger partial charge in [0.15, 0.2) is 5.13 Å². The summed E-state index contributed by atoms with van der Waals surface area (Å²) in [7, 11) is 0. The van der Waals surface area contributed by atoms with E-state index in [1.807, 2.05) is 13.8 Å². The van der Waals surface area contributed by atoms with Gasteiger partial charge in [0.1, 0.15) is 0 Å². The highest BCUT2D eigenvalue weighted by molar-refractivity contribution is 7.13. The van der Waals surface area contributed by atoms with Crippen LogP contribution in [0.2, 0.25) is 0 Å². The first-order valence-corrected chi connectivity index (χ1v) is 6.83. The fraction of sp³-hybridized carbons (Fsp3) is 0.286. The standard InChI is InChI=1S/C14H16N2O2S/c1-8-4-9(2)13(10(3)5-8)16-14-15-11(7-19-14)6-12(17)18/h4-5,7H,6H2,1-3H3,(H,15,16)(H,17,18)/p-1. The van der Waals surface area contributed by atoms with Gasteiger partial charge in [0, 0.05) is 23.5 Å². The molecule has 0 aliphatic heterocycles. The Hall–Kier alpha value is -1.88. The number of carboxylic acid groups (broad SMARTS) is 1. The number of carbonyl (C=O) groups excluding carboxylic acids is 1. The van der Waals surface area contributed by atoms with E-state index in [0.717, 1.165) is 16.8 Å². The number of nitrogens with one attached hydrogen (secondary N) is 1. The Kier molecular flexibility index (Phi) is 3.85. The van der Waals surface area contributed by atoms with Crippen LogP contribution in [0.4, 0.5) is 10.8 Å². The third-order valence-electron chi connectivity index (χ3n) is 2.79. The van der Waals surface area contributed by atoms with Crippen LogP contribution in [0.25, 0.3) is 0 Å². The predicted molar refractivity (Wildman–Crippen MR) is 74.8 cm³/mol. The van der Waals surface area contributed by atoms with Gasteiger partial charge in [-0.05, 0) is 31.9 Å². The van der Waals surface area contributed by atoms with Gasteiger partial charge < -0.3 is 15.2 Å². The molecule has 0 unspecified atom stereocenters. The van der Waals surface area contributed by atoms with Crippen LogP contribution in [-0.4, -0.2) is 11.0 Å². The van der Waals surface area contributed by atoms with Crippen molar-refractivity contribution in [3.8, 4) is 0 Å². The molecule has 0 saturated carbocycles. The van der Waals surface area contributed by atoms with Crippen molar-refractivity contribution in [3.63, 3.8) is 0 Å². The van der Waals surface area contributed by atoms with E-state index in [0.29, 0.717) is 10.8 Å². The van der Waals surface area contributed by atoms with Gasteiger partial charge in [0.05, 0.1) is 5.69 Å². The van der Waals surface area contributed by atoms with E-state index in [4.69, 9.17) is 0 Å². The van der Waals surface area contributed by atoms with E-state index in [1.54, 1.807) is 5.38 Å². The van der Waals surface area contributed by atoms with Crippen molar-refractivity contribution >= 4 is 28.1 Å². The predicted octanol–water partition coefficient (Wildman–Crippen LogP) is 2.10. The Morgan fingerprint density at radius 1 is 1.32 bits per heavy atom.